The summed E-state index contributed by atoms with van der Waals surface area (Å²) in [6.45, 7) is 2.16. The Morgan fingerprint density at radius 1 is 1.50 bits per heavy atom. The van der Waals surface area contributed by atoms with Gasteiger partial charge in [0, 0.05) is 5.54 Å². The van der Waals surface area contributed by atoms with Crippen LogP contribution in [0.5, 0.6) is 0 Å². The molecule has 0 spiro atoms. The van der Waals surface area contributed by atoms with E-state index < -0.39 is 5.91 Å². The Morgan fingerprint density at radius 3 is 2.62 bits per heavy atom. The van der Waals surface area contributed by atoms with Gasteiger partial charge in [0.2, 0.25) is 0 Å². The van der Waals surface area contributed by atoms with Crippen molar-refractivity contribution in [2.75, 3.05) is 5.32 Å². The minimum absolute atomic E-state index is 0.183. The normalized spacial score (nSPS) is 17.6. The molecule has 1 aliphatic carbocycles. The molecular formula is C11H16N4O. The second-order valence-corrected chi connectivity index (χ2v) is 4.28. The van der Waals surface area contributed by atoms with Crippen molar-refractivity contribution < 1.29 is 4.79 Å². The molecule has 0 bridgehead atoms. The molecule has 1 amide bonds. The third-order valence-corrected chi connectivity index (χ3v) is 3.30. The van der Waals surface area contributed by atoms with E-state index in [1.165, 1.54) is 19.3 Å². The minimum atomic E-state index is -0.548. The molecule has 0 saturated heterocycles. The van der Waals surface area contributed by atoms with Gasteiger partial charge in [0.15, 0.2) is 5.69 Å². The monoisotopic (exact) mass is 220 g/mol. The van der Waals surface area contributed by atoms with Gasteiger partial charge in [-0.2, -0.15) is 0 Å². The van der Waals surface area contributed by atoms with E-state index in [1.807, 2.05) is 0 Å². The molecule has 0 aliphatic heterocycles. The Labute approximate surface area is 94.4 Å². The number of hydrogen-bond donors (Lipinski definition) is 2. The number of rotatable bonds is 4. The van der Waals surface area contributed by atoms with E-state index in [2.05, 4.69) is 22.4 Å². The summed E-state index contributed by atoms with van der Waals surface area (Å²) in [6, 6.07) is 3.35. The van der Waals surface area contributed by atoms with E-state index in [1.54, 1.807) is 12.1 Å². The highest BCUT2D eigenvalue weighted by Crippen LogP contribution is 2.37. The predicted octanol–water partition coefficient (Wildman–Crippen LogP) is 1.32. The molecule has 5 nitrogen and oxygen atoms in total. The summed E-state index contributed by atoms with van der Waals surface area (Å²) in [6.07, 6.45) is 4.67. The first-order valence-electron chi connectivity index (χ1n) is 5.57. The SMILES string of the molecule is CCC1(Nc2ccc(C(N)=O)nn2)CCC1. The summed E-state index contributed by atoms with van der Waals surface area (Å²) < 4.78 is 0. The van der Waals surface area contributed by atoms with E-state index in [0.717, 1.165) is 6.42 Å². The number of primary amides is 1. The number of carbonyl (C=O) groups excluding carboxylic acids is 1. The van der Waals surface area contributed by atoms with Crippen LogP contribution in [-0.2, 0) is 0 Å². The molecule has 1 heterocycles. The van der Waals surface area contributed by atoms with E-state index in [9.17, 15) is 4.79 Å². The molecule has 1 aliphatic rings. The van der Waals surface area contributed by atoms with Gasteiger partial charge in [0.1, 0.15) is 5.82 Å². The van der Waals surface area contributed by atoms with Crippen LogP contribution < -0.4 is 11.1 Å². The van der Waals surface area contributed by atoms with Crippen LogP contribution in [0.15, 0.2) is 12.1 Å². The lowest BCUT2D eigenvalue weighted by Gasteiger charge is -2.42. The molecule has 1 saturated carbocycles. The Morgan fingerprint density at radius 2 is 2.25 bits per heavy atom. The summed E-state index contributed by atoms with van der Waals surface area (Å²) in [5, 5.41) is 11.1. The third kappa shape index (κ3) is 1.98. The van der Waals surface area contributed by atoms with Crippen molar-refractivity contribution in [2.45, 2.75) is 38.1 Å². The zero-order valence-electron chi connectivity index (χ0n) is 9.36. The molecule has 5 heteroatoms. The molecule has 1 aromatic rings. The van der Waals surface area contributed by atoms with Crippen LogP contribution in [0, 0.1) is 0 Å². The number of nitrogens with zero attached hydrogens (tertiary/aromatic N) is 2. The van der Waals surface area contributed by atoms with Crippen molar-refractivity contribution in [3.63, 3.8) is 0 Å². The largest absolute Gasteiger partial charge is 0.364 e. The number of nitrogens with one attached hydrogen (secondary N) is 1. The van der Waals surface area contributed by atoms with Crippen molar-refractivity contribution in [3.05, 3.63) is 17.8 Å². The lowest BCUT2D eigenvalue weighted by Crippen LogP contribution is -2.44. The molecule has 0 unspecified atom stereocenters. The van der Waals surface area contributed by atoms with Gasteiger partial charge in [-0.1, -0.05) is 6.92 Å². The predicted molar refractivity (Wildman–Crippen MR) is 61.0 cm³/mol. The van der Waals surface area contributed by atoms with Crippen molar-refractivity contribution in [2.24, 2.45) is 5.73 Å². The number of anilines is 1. The number of nitrogens with two attached hydrogens (primary N) is 1. The molecule has 0 atom stereocenters. The van der Waals surface area contributed by atoms with Crippen LogP contribution in [0.2, 0.25) is 0 Å². The second kappa shape index (κ2) is 4.08. The highest BCUT2D eigenvalue weighted by molar-refractivity contribution is 5.90. The summed E-state index contributed by atoms with van der Waals surface area (Å²) in [7, 11) is 0. The first-order valence-corrected chi connectivity index (χ1v) is 5.57. The van der Waals surface area contributed by atoms with Crippen LogP contribution in [0.25, 0.3) is 0 Å². The molecule has 16 heavy (non-hydrogen) atoms. The Hall–Kier alpha value is -1.65. The lowest BCUT2D eigenvalue weighted by molar-refractivity contribution is 0.0994. The fourth-order valence-electron chi connectivity index (χ4n) is 1.97. The first kappa shape index (κ1) is 10.9. The fraction of sp³-hybridized carbons (Fsp3) is 0.545. The first-order chi connectivity index (χ1) is 7.65. The lowest BCUT2D eigenvalue weighted by atomic mass is 9.75. The zero-order valence-corrected chi connectivity index (χ0v) is 9.36. The van der Waals surface area contributed by atoms with Crippen molar-refractivity contribution in [3.8, 4) is 0 Å². The standard InChI is InChI=1S/C11H16N4O/c1-2-11(6-3-7-11)13-9-5-4-8(10(12)16)14-15-9/h4-5H,2-3,6-7H2,1H3,(H2,12,16)(H,13,15). The van der Waals surface area contributed by atoms with E-state index in [4.69, 9.17) is 5.73 Å². The van der Waals surface area contributed by atoms with Gasteiger partial charge in [-0.15, -0.1) is 10.2 Å². The van der Waals surface area contributed by atoms with Gasteiger partial charge in [-0.05, 0) is 37.8 Å². The van der Waals surface area contributed by atoms with Crippen molar-refractivity contribution >= 4 is 11.7 Å². The summed E-state index contributed by atoms with van der Waals surface area (Å²) >= 11 is 0. The maximum atomic E-state index is 10.8. The molecule has 1 fully saturated rings. The number of carbonyl (C=O) groups is 1. The topological polar surface area (TPSA) is 80.9 Å². The second-order valence-electron chi connectivity index (χ2n) is 4.28. The van der Waals surface area contributed by atoms with Crippen LogP contribution >= 0.6 is 0 Å². The summed E-state index contributed by atoms with van der Waals surface area (Å²) in [4.78, 5) is 10.8. The smallest absolute Gasteiger partial charge is 0.269 e. The molecule has 3 N–H and O–H groups in total. The van der Waals surface area contributed by atoms with Gasteiger partial charge in [-0.3, -0.25) is 4.79 Å². The van der Waals surface area contributed by atoms with E-state index in [0.29, 0.717) is 5.82 Å². The van der Waals surface area contributed by atoms with E-state index >= 15 is 0 Å². The average molecular weight is 220 g/mol. The molecule has 1 aromatic heterocycles. The average Bonchev–Trinajstić information content (AvgIpc) is 2.24. The van der Waals surface area contributed by atoms with Gasteiger partial charge in [0.25, 0.3) is 5.91 Å². The Balaban J connectivity index is 2.07. The van der Waals surface area contributed by atoms with Crippen molar-refractivity contribution in [1.82, 2.24) is 10.2 Å². The molecule has 0 radical (unpaired) electrons. The Kier molecular flexibility index (Phi) is 2.77. The van der Waals surface area contributed by atoms with Crippen LogP contribution in [0.1, 0.15) is 43.1 Å². The third-order valence-electron chi connectivity index (χ3n) is 3.30. The van der Waals surface area contributed by atoms with Crippen molar-refractivity contribution in [1.29, 1.82) is 0 Å². The quantitative estimate of drug-likeness (QED) is 0.801. The van der Waals surface area contributed by atoms with Crippen LogP contribution in [0.4, 0.5) is 5.82 Å². The van der Waals surface area contributed by atoms with Gasteiger partial charge in [-0.25, -0.2) is 0 Å². The van der Waals surface area contributed by atoms with E-state index in [-0.39, 0.29) is 11.2 Å². The highest BCUT2D eigenvalue weighted by Gasteiger charge is 2.35. The summed E-state index contributed by atoms with van der Waals surface area (Å²) in [5.74, 6) is 0.166. The fourth-order valence-corrected chi connectivity index (χ4v) is 1.97. The minimum Gasteiger partial charge on any atom is -0.364 e. The molecular weight excluding hydrogens is 204 g/mol. The number of aromatic nitrogens is 2. The molecule has 86 valence electrons. The molecule has 2 rings (SSSR count). The zero-order chi connectivity index (χ0) is 11.6. The Bertz CT molecular complexity index is 378. The number of hydrogen-bond acceptors (Lipinski definition) is 4. The summed E-state index contributed by atoms with van der Waals surface area (Å²) in [5.41, 5.74) is 5.48. The van der Waals surface area contributed by atoms with Crippen LogP contribution in [-0.4, -0.2) is 21.6 Å². The number of amides is 1. The maximum absolute atomic E-state index is 10.8. The van der Waals surface area contributed by atoms with Gasteiger partial charge >= 0.3 is 0 Å². The maximum Gasteiger partial charge on any atom is 0.269 e. The van der Waals surface area contributed by atoms with Crippen LogP contribution in [0.3, 0.4) is 0 Å². The van der Waals surface area contributed by atoms with Gasteiger partial charge in [0.05, 0.1) is 0 Å². The van der Waals surface area contributed by atoms with Gasteiger partial charge < -0.3 is 11.1 Å². The molecule has 0 aromatic carbocycles. The highest BCUT2D eigenvalue weighted by atomic mass is 16.1.